The lowest BCUT2D eigenvalue weighted by Gasteiger charge is -2.40. The van der Waals surface area contributed by atoms with Crippen LogP contribution in [-0.4, -0.2) is 45.7 Å². The molecule has 3 heteroatoms. The Morgan fingerprint density at radius 2 is 1.23 bits per heavy atom. The van der Waals surface area contributed by atoms with E-state index in [1.165, 1.54) is 16.3 Å². The highest BCUT2D eigenvalue weighted by atomic mass is 28.3. The molecule has 0 fully saturated rings. The van der Waals surface area contributed by atoms with Gasteiger partial charge in [-0.15, -0.1) is 0 Å². The van der Waals surface area contributed by atoms with E-state index < -0.39 is 8.40 Å². The highest BCUT2D eigenvalue weighted by Gasteiger charge is 2.35. The molecule has 2 aromatic carbocycles. The van der Waals surface area contributed by atoms with Crippen LogP contribution in [0.4, 0.5) is 0 Å². The maximum atomic E-state index is 4.25. The van der Waals surface area contributed by atoms with Gasteiger partial charge in [-0.05, 0) is 56.6 Å². The van der Waals surface area contributed by atoms with Crippen molar-refractivity contribution in [2.24, 2.45) is 0 Å². The van der Waals surface area contributed by atoms with E-state index in [1.54, 1.807) is 0 Å². The summed E-state index contributed by atoms with van der Waals surface area (Å²) in [5.41, 5.74) is 3.43. The molecule has 0 aromatic heterocycles. The van der Waals surface area contributed by atoms with Gasteiger partial charge < -0.3 is 9.13 Å². The van der Waals surface area contributed by atoms with Gasteiger partial charge in [0.2, 0.25) is 8.40 Å². The molecule has 0 amide bonds. The predicted molar refractivity (Wildman–Crippen MR) is 99.6 cm³/mol. The van der Waals surface area contributed by atoms with Gasteiger partial charge >= 0.3 is 0 Å². The lowest BCUT2D eigenvalue weighted by Crippen LogP contribution is -2.66. The molecule has 2 nitrogen and oxygen atoms in total. The van der Waals surface area contributed by atoms with Crippen LogP contribution < -0.4 is 5.19 Å². The van der Waals surface area contributed by atoms with Crippen LogP contribution in [0.5, 0.6) is 0 Å². The van der Waals surface area contributed by atoms with Crippen molar-refractivity contribution in [2.45, 2.75) is 6.55 Å². The molecule has 116 valence electrons. The highest BCUT2D eigenvalue weighted by Crippen LogP contribution is 2.21. The minimum atomic E-state index is -1.78. The number of benzene rings is 2. The highest BCUT2D eigenvalue weighted by molar-refractivity contribution is 6.85. The van der Waals surface area contributed by atoms with Crippen molar-refractivity contribution in [3.8, 4) is 0 Å². The Morgan fingerprint density at radius 1 is 0.773 bits per heavy atom. The maximum Gasteiger partial charge on any atom is 0.235 e. The van der Waals surface area contributed by atoms with E-state index in [0.717, 1.165) is 5.57 Å². The number of hydrogen-bond donors (Lipinski definition) is 0. The molecule has 22 heavy (non-hydrogen) atoms. The molecule has 0 aliphatic carbocycles. The smallest absolute Gasteiger partial charge is 0.235 e. The molecule has 0 unspecified atom stereocenters. The summed E-state index contributed by atoms with van der Waals surface area (Å²) in [7, 11) is 6.90. The van der Waals surface area contributed by atoms with Crippen LogP contribution in [0.2, 0.25) is 6.55 Å². The third-order valence-corrected chi connectivity index (χ3v) is 9.55. The van der Waals surface area contributed by atoms with Gasteiger partial charge in [0, 0.05) is 0 Å². The minimum absolute atomic E-state index is 1.07. The average Bonchev–Trinajstić information content (AvgIpc) is 2.54. The Morgan fingerprint density at radius 3 is 1.68 bits per heavy atom. The first-order chi connectivity index (χ1) is 10.4. The van der Waals surface area contributed by atoms with Crippen LogP contribution in [-0.2, 0) is 0 Å². The minimum Gasteiger partial charge on any atom is -0.314 e. The number of rotatable bonds is 5. The standard InChI is InChI=1S/C19H26N2Si/c1-16(17-10-8-7-9-11-17)18-12-14-19(15-13-18)22(6,20(2)3)21(4)5/h7-15H,1H2,2-6H3. The van der Waals surface area contributed by atoms with Crippen molar-refractivity contribution in [1.29, 1.82) is 0 Å². The SMILES string of the molecule is C=C(c1ccccc1)c1ccc([Si](C)(N(C)C)N(C)C)cc1. The van der Waals surface area contributed by atoms with Gasteiger partial charge in [0.15, 0.2) is 0 Å². The van der Waals surface area contributed by atoms with Crippen LogP contribution in [0.25, 0.3) is 5.57 Å². The normalized spacial score (nSPS) is 12.0. The van der Waals surface area contributed by atoms with Gasteiger partial charge in [0.1, 0.15) is 0 Å². The molecular formula is C19H26N2Si. The van der Waals surface area contributed by atoms with E-state index in [0.29, 0.717) is 0 Å². The van der Waals surface area contributed by atoms with Gasteiger partial charge in [0.25, 0.3) is 0 Å². The van der Waals surface area contributed by atoms with E-state index in [9.17, 15) is 0 Å². The van der Waals surface area contributed by atoms with Crippen LogP contribution in [0.1, 0.15) is 11.1 Å². The van der Waals surface area contributed by atoms with Crippen molar-refractivity contribution in [3.63, 3.8) is 0 Å². The Balaban J connectivity index is 2.33. The van der Waals surface area contributed by atoms with E-state index in [-0.39, 0.29) is 0 Å². The summed E-state index contributed by atoms with van der Waals surface area (Å²) < 4.78 is 4.74. The molecule has 0 aliphatic heterocycles. The van der Waals surface area contributed by atoms with Gasteiger partial charge in [-0.2, -0.15) is 0 Å². The molecule has 2 aromatic rings. The predicted octanol–water partition coefficient (Wildman–Crippen LogP) is 3.15. The topological polar surface area (TPSA) is 6.48 Å². The van der Waals surface area contributed by atoms with Crippen LogP contribution in [0.15, 0.2) is 61.2 Å². The van der Waals surface area contributed by atoms with Crippen LogP contribution >= 0.6 is 0 Å². The summed E-state index contributed by atoms with van der Waals surface area (Å²) in [6.45, 7) is 6.62. The lowest BCUT2D eigenvalue weighted by atomic mass is 10.00. The van der Waals surface area contributed by atoms with Gasteiger partial charge in [0.05, 0.1) is 0 Å². The lowest BCUT2D eigenvalue weighted by molar-refractivity contribution is 0.503. The molecule has 0 bridgehead atoms. The van der Waals surface area contributed by atoms with Crippen molar-refractivity contribution in [2.75, 3.05) is 28.2 Å². The molecule has 0 aliphatic rings. The fourth-order valence-electron chi connectivity index (χ4n) is 2.71. The quantitative estimate of drug-likeness (QED) is 0.783. The second kappa shape index (κ2) is 6.61. The summed E-state index contributed by atoms with van der Waals surface area (Å²) >= 11 is 0. The van der Waals surface area contributed by atoms with E-state index in [4.69, 9.17) is 0 Å². The first-order valence-electron chi connectivity index (χ1n) is 7.57. The summed E-state index contributed by atoms with van der Waals surface area (Å²) in [5, 5.41) is 1.41. The zero-order chi connectivity index (χ0) is 16.3. The second-order valence-corrected chi connectivity index (χ2v) is 10.6. The average molecular weight is 311 g/mol. The van der Waals surface area contributed by atoms with Crippen LogP contribution in [0, 0.1) is 0 Å². The number of hydrogen-bond acceptors (Lipinski definition) is 2. The monoisotopic (exact) mass is 310 g/mol. The molecule has 0 heterocycles. The fraction of sp³-hybridized carbons (Fsp3) is 0.263. The largest absolute Gasteiger partial charge is 0.314 e. The van der Waals surface area contributed by atoms with Crippen LogP contribution in [0.3, 0.4) is 0 Å². The first-order valence-corrected chi connectivity index (χ1v) is 9.97. The first kappa shape index (κ1) is 16.7. The van der Waals surface area contributed by atoms with E-state index >= 15 is 0 Å². The molecule has 0 N–H and O–H groups in total. The summed E-state index contributed by atoms with van der Waals surface area (Å²) in [6.07, 6.45) is 0. The second-order valence-electron chi connectivity index (χ2n) is 6.23. The molecular weight excluding hydrogens is 284 g/mol. The third-order valence-electron chi connectivity index (χ3n) is 4.64. The molecule has 0 radical (unpaired) electrons. The van der Waals surface area contributed by atoms with Crippen molar-refractivity contribution in [1.82, 2.24) is 9.13 Å². The molecule has 2 rings (SSSR count). The zero-order valence-corrected chi connectivity index (χ0v) is 15.3. The molecule has 0 spiro atoms. The summed E-state index contributed by atoms with van der Waals surface area (Å²) in [4.78, 5) is 0. The third kappa shape index (κ3) is 3.07. The fourth-order valence-corrected chi connectivity index (χ4v) is 5.34. The number of nitrogens with zero attached hydrogens (tertiary/aromatic N) is 2. The van der Waals surface area contributed by atoms with Crippen molar-refractivity contribution >= 4 is 19.2 Å². The molecule has 0 atom stereocenters. The molecule has 0 saturated heterocycles. The molecule has 0 saturated carbocycles. The van der Waals surface area contributed by atoms with Gasteiger partial charge in [-0.25, -0.2) is 0 Å². The zero-order valence-electron chi connectivity index (χ0n) is 14.3. The summed E-state index contributed by atoms with van der Waals surface area (Å²) in [6, 6.07) is 19.3. The Kier molecular flexibility index (Phi) is 5.01. The van der Waals surface area contributed by atoms with E-state index in [2.05, 4.69) is 99.0 Å². The summed E-state index contributed by atoms with van der Waals surface area (Å²) in [5.74, 6) is 0. The van der Waals surface area contributed by atoms with E-state index in [1.807, 2.05) is 6.07 Å². The van der Waals surface area contributed by atoms with Gasteiger partial charge in [-0.1, -0.05) is 61.2 Å². The maximum absolute atomic E-state index is 4.25. The van der Waals surface area contributed by atoms with Crippen molar-refractivity contribution in [3.05, 3.63) is 72.3 Å². The van der Waals surface area contributed by atoms with Crippen molar-refractivity contribution < 1.29 is 0 Å². The Bertz CT molecular complexity index is 622. The Hall–Kier alpha value is -1.68. The Labute approximate surface area is 135 Å². The van der Waals surface area contributed by atoms with Gasteiger partial charge in [-0.3, -0.25) is 0 Å².